The first-order valence-corrected chi connectivity index (χ1v) is 7.51. The molecule has 1 aliphatic heterocycles. The minimum absolute atomic E-state index is 0.627. The molecular formula is C15H24N4. The molecule has 1 N–H and O–H groups in total. The first-order chi connectivity index (χ1) is 9.22. The van der Waals surface area contributed by atoms with Crippen LogP contribution in [0.4, 0.5) is 5.82 Å². The predicted molar refractivity (Wildman–Crippen MR) is 77.5 cm³/mol. The molecule has 1 aliphatic carbocycles. The van der Waals surface area contributed by atoms with Crippen molar-refractivity contribution in [2.24, 2.45) is 5.92 Å². The molecule has 1 atom stereocenters. The molecule has 1 unspecified atom stereocenters. The Balaban J connectivity index is 1.73. The van der Waals surface area contributed by atoms with E-state index < -0.39 is 0 Å². The molecule has 19 heavy (non-hydrogen) atoms. The Labute approximate surface area is 115 Å². The third-order valence-electron chi connectivity index (χ3n) is 4.28. The fourth-order valence-electron chi connectivity index (χ4n) is 2.73. The molecule has 104 valence electrons. The van der Waals surface area contributed by atoms with E-state index in [1.54, 1.807) is 0 Å². The van der Waals surface area contributed by atoms with Crippen LogP contribution in [-0.4, -0.2) is 35.6 Å². The lowest BCUT2D eigenvalue weighted by atomic mass is 10.2. The van der Waals surface area contributed by atoms with E-state index >= 15 is 0 Å². The van der Waals surface area contributed by atoms with Crippen LogP contribution in [0.2, 0.25) is 0 Å². The van der Waals surface area contributed by atoms with E-state index in [-0.39, 0.29) is 0 Å². The fourth-order valence-corrected chi connectivity index (χ4v) is 2.73. The molecule has 1 aromatic rings. The topological polar surface area (TPSA) is 41.1 Å². The van der Waals surface area contributed by atoms with Crippen molar-refractivity contribution >= 4 is 5.82 Å². The van der Waals surface area contributed by atoms with Gasteiger partial charge in [0.05, 0.1) is 17.6 Å². The van der Waals surface area contributed by atoms with Crippen LogP contribution >= 0.6 is 0 Å². The molecule has 0 radical (unpaired) electrons. The van der Waals surface area contributed by atoms with Crippen molar-refractivity contribution in [2.75, 3.05) is 24.5 Å². The van der Waals surface area contributed by atoms with Gasteiger partial charge in [-0.3, -0.25) is 4.98 Å². The highest BCUT2D eigenvalue weighted by Crippen LogP contribution is 2.31. The van der Waals surface area contributed by atoms with E-state index in [4.69, 9.17) is 4.98 Å². The highest BCUT2D eigenvalue weighted by Gasteiger charge is 2.27. The van der Waals surface area contributed by atoms with Gasteiger partial charge in [-0.25, -0.2) is 4.98 Å². The molecule has 2 fully saturated rings. The highest BCUT2D eigenvalue weighted by atomic mass is 15.2. The van der Waals surface area contributed by atoms with Crippen LogP contribution in [-0.2, 0) is 0 Å². The number of anilines is 1. The van der Waals surface area contributed by atoms with Crippen LogP contribution in [0, 0.1) is 19.8 Å². The Morgan fingerprint density at radius 1 is 1.21 bits per heavy atom. The summed E-state index contributed by atoms with van der Waals surface area (Å²) in [6.07, 6.45) is 7.30. The lowest BCUT2D eigenvalue weighted by molar-refractivity contribution is 0.566. The van der Waals surface area contributed by atoms with Crippen molar-refractivity contribution < 1.29 is 0 Å². The molecule has 1 saturated carbocycles. The van der Waals surface area contributed by atoms with Crippen LogP contribution < -0.4 is 10.2 Å². The van der Waals surface area contributed by atoms with Gasteiger partial charge in [0.1, 0.15) is 5.82 Å². The molecule has 3 rings (SSSR count). The van der Waals surface area contributed by atoms with Gasteiger partial charge in [0.25, 0.3) is 0 Å². The summed E-state index contributed by atoms with van der Waals surface area (Å²) in [5.41, 5.74) is 2.09. The maximum atomic E-state index is 4.73. The molecule has 0 spiro atoms. The van der Waals surface area contributed by atoms with Crippen molar-refractivity contribution in [2.45, 2.75) is 45.6 Å². The van der Waals surface area contributed by atoms with Crippen molar-refractivity contribution in [1.82, 2.24) is 15.3 Å². The van der Waals surface area contributed by atoms with E-state index in [1.165, 1.54) is 32.2 Å². The van der Waals surface area contributed by atoms with Crippen LogP contribution in [0.25, 0.3) is 0 Å². The molecule has 0 bridgehead atoms. The van der Waals surface area contributed by atoms with Crippen LogP contribution in [0.15, 0.2) is 6.20 Å². The summed E-state index contributed by atoms with van der Waals surface area (Å²) in [7, 11) is 0. The molecule has 0 amide bonds. The quantitative estimate of drug-likeness (QED) is 0.880. The summed E-state index contributed by atoms with van der Waals surface area (Å²) in [5.74, 6) is 1.94. The summed E-state index contributed by atoms with van der Waals surface area (Å²) in [6.45, 7) is 7.47. The van der Waals surface area contributed by atoms with Crippen molar-refractivity contribution in [3.63, 3.8) is 0 Å². The van der Waals surface area contributed by atoms with E-state index in [2.05, 4.69) is 22.1 Å². The normalized spacial score (nSPS) is 22.7. The van der Waals surface area contributed by atoms with Gasteiger partial charge in [0.2, 0.25) is 0 Å². The maximum absolute atomic E-state index is 4.73. The van der Waals surface area contributed by atoms with Gasteiger partial charge in [0, 0.05) is 19.1 Å². The summed E-state index contributed by atoms with van der Waals surface area (Å²) in [4.78, 5) is 11.7. The number of aryl methyl sites for hydroxylation is 2. The first kappa shape index (κ1) is 12.9. The van der Waals surface area contributed by atoms with Crippen molar-refractivity contribution in [3.8, 4) is 0 Å². The van der Waals surface area contributed by atoms with Gasteiger partial charge >= 0.3 is 0 Å². The van der Waals surface area contributed by atoms with Gasteiger partial charge < -0.3 is 10.2 Å². The Morgan fingerprint density at radius 2 is 2.05 bits per heavy atom. The number of rotatable bonds is 5. The summed E-state index contributed by atoms with van der Waals surface area (Å²) < 4.78 is 0. The minimum Gasteiger partial charge on any atom is -0.353 e. The van der Waals surface area contributed by atoms with Gasteiger partial charge in [-0.15, -0.1) is 0 Å². The van der Waals surface area contributed by atoms with Gasteiger partial charge in [-0.2, -0.15) is 0 Å². The average Bonchev–Trinajstić information content (AvgIpc) is 3.06. The van der Waals surface area contributed by atoms with Crippen molar-refractivity contribution in [1.29, 1.82) is 0 Å². The highest BCUT2D eigenvalue weighted by molar-refractivity contribution is 5.38. The third kappa shape index (κ3) is 3.24. The lowest BCUT2D eigenvalue weighted by Gasteiger charge is -2.27. The van der Waals surface area contributed by atoms with Gasteiger partial charge in [-0.05, 0) is 52.0 Å². The summed E-state index contributed by atoms with van der Waals surface area (Å²) >= 11 is 0. The Bertz CT molecular complexity index is 436. The number of hydrogen-bond donors (Lipinski definition) is 1. The standard InChI is InChI=1S/C15H24N4/c1-11-12(2)18-15(8-17-11)19(9-13-5-6-13)10-14-4-3-7-16-14/h8,13-14,16H,3-7,9-10H2,1-2H3. The average molecular weight is 260 g/mol. The molecule has 0 aromatic carbocycles. The number of hydrogen-bond acceptors (Lipinski definition) is 4. The largest absolute Gasteiger partial charge is 0.353 e. The van der Waals surface area contributed by atoms with Gasteiger partial charge in [-0.1, -0.05) is 0 Å². The number of nitrogens with zero attached hydrogens (tertiary/aromatic N) is 3. The molecule has 2 aliphatic rings. The van der Waals surface area contributed by atoms with Crippen LogP contribution in [0.5, 0.6) is 0 Å². The zero-order valence-corrected chi connectivity index (χ0v) is 12.0. The second kappa shape index (κ2) is 5.45. The van der Waals surface area contributed by atoms with E-state index in [0.29, 0.717) is 6.04 Å². The predicted octanol–water partition coefficient (Wildman–Crippen LogP) is 2.06. The van der Waals surface area contributed by atoms with Crippen LogP contribution in [0.3, 0.4) is 0 Å². The van der Waals surface area contributed by atoms with Gasteiger partial charge in [0.15, 0.2) is 0 Å². The first-order valence-electron chi connectivity index (χ1n) is 7.51. The summed E-state index contributed by atoms with van der Waals surface area (Å²) in [5, 5.41) is 3.59. The Kier molecular flexibility index (Phi) is 3.69. The number of aromatic nitrogens is 2. The van der Waals surface area contributed by atoms with E-state index in [1.807, 2.05) is 13.1 Å². The van der Waals surface area contributed by atoms with Crippen LogP contribution in [0.1, 0.15) is 37.1 Å². The SMILES string of the molecule is Cc1ncc(N(CC2CC2)CC2CCCN2)nc1C. The second-order valence-electron chi connectivity index (χ2n) is 6.04. The second-order valence-corrected chi connectivity index (χ2v) is 6.04. The van der Waals surface area contributed by atoms with E-state index in [0.717, 1.165) is 36.2 Å². The number of nitrogens with one attached hydrogen (secondary N) is 1. The molecular weight excluding hydrogens is 236 g/mol. The third-order valence-corrected chi connectivity index (χ3v) is 4.28. The Morgan fingerprint density at radius 3 is 2.68 bits per heavy atom. The smallest absolute Gasteiger partial charge is 0.147 e. The zero-order valence-electron chi connectivity index (χ0n) is 12.0. The van der Waals surface area contributed by atoms with E-state index in [9.17, 15) is 0 Å². The summed E-state index contributed by atoms with van der Waals surface area (Å²) in [6, 6.07) is 0.627. The van der Waals surface area contributed by atoms with Crippen molar-refractivity contribution in [3.05, 3.63) is 17.6 Å². The maximum Gasteiger partial charge on any atom is 0.147 e. The zero-order chi connectivity index (χ0) is 13.2. The molecule has 2 heterocycles. The molecule has 1 saturated heterocycles. The minimum atomic E-state index is 0.627. The fraction of sp³-hybridized carbons (Fsp3) is 0.733. The molecule has 4 nitrogen and oxygen atoms in total. The monoisotopic (exact) mass is 260 g/mol. The Hall–Kier alpha value is -1.16. The molecule has 4 heteroatoms. The molecule has 1 aromatic heterocycles. The lowest BCUT2D eigenvalue weighted by Crippen LogP contribution is -2.39.